The van der Waals surface area contributed by atoms with Crippen molar-refractivity contribution in [2.24, 2.45) is 4.99 Å². The summed E-state index contributed by atoms with van der Waals surface area (Å²) in [5, 5.41) is 12.9. The number of hydrogen-bond donors (Lipinski definition) is 2. The minimum absolute atomic E-state index is 0.0330. The van der Waals surface area contributed by atoms with Crippen LogP contribution >= 0.6 is 11.6 Å². The van der Waals surface area contributed by atoms with Gasteiger partial charge in [0.05, 0.1) is 30.5 Å². The van der Waals surface area contributed by atoms with Gasteiger partial charge in [0.25, 0.3) is 5.56 Å². The van der Waals surface area contributed by atoms with Crippen molar-refractivity contribution in [3.8, 4) is 5.88 Å². The van der Waals surface area contributed by atoms with Crippen molar-refractivity contribution in [1.82, 2.24) is 9.55 Å². The van der Waals surface area contributed by atoms with Crippen molar-refractivity contribution in [2.75, 3.05) is 19.0 Å². The number of methoxy groups -OCH3 is 1. The van der Waals surface area contributed by atoms with E-state index in [1.807, 2.05) is 6.92 Å². The van der Waals surface area contributed by atoms with Crippen LogP contribution in [-0.4, -0.2) is 34.1 Å². The Morgan fingerprint density at radius 3 is 2.79 bits per heavy atom. The van der Waals surface area contributed by atoms with Gasteiger partial charge in [-0.25, -0.2) is 14.4 Å². The van der Waals surface area contributed by atoms with Gasteiger partial charge in [-0.05, 0) is 42.8 Å². The number of hydrogen-bond acceptors (Lipinski definition) is 6. The molecule has 0 bridgehead atoms. The molecule has 3 aromatic rings. The Bertz CT molecular complexity index is 1300. The minimum atomic E-state index is -0.770. The lowest BCUT2D eigenvalue weighted by molar-refractivity contribution is 0.246. The van der Waals surface area contributed by atoms with Gasteiger partial charge in [-0.15, -0.1) is 0 Å². The molecule has 0 fully saturated rings. The van der Waals surface area contributed by atoms with E-state index in [0.717, 1.165) is 0 Å². The van der Waals surface area contributed by atoms with E-state index in [1.165, 1.54) is 36.1 Å². The first-order chi connectivity index (χ1) is 16.4. The Labute approximate surface area is 201 Å². The number of nitrogens with zero attached hydrogens (tertiary/aromatic N) is 3. The third-order valence-electron chi connectivity index (χ3n) is 4.89. The number of nitrogens with one attached hydrogen (secondary N) is 1. The maximum Gasteiger partial charge on any atom is 0.251 e. The standard InChI is InChI=1S/C25H24ClFN4O3/c1-4-5-22(30-16(2)29-19-8-10-28-24(14-19)34-3)17-9-11-31(25(33)13-17)23(15-32)18-6-7-20(26)21(27)12-18/h4-14,23,32H,2,15H2,1,3H3,(H,28,29)/b5-4-,30-22?. The number of benzene rings is 1. The van der Waals surface area contributed by atoms with Crippen LogP contribution in [0.3, 0.4) is 0 Å². The topological polar surface area (TPSA) is 88.7 Å². The van der Waals surface area contributed by atoms with E-state index in [1.54, 1.807) is 42.6 Å². The zero-order valence-corrected chi connectivity index (χ0v) is 19.5. The fraction of sp³-hybridized carbons (Fsp3) is 0.160. The number of aliphatic imine (C=N–C) groups is 1. The Balaban J connectivity index is 1.90. The molecule has 0 aliphatic carbocycles. The number of allylic oxidation sites excluding steroid dienone is 2. The molecule has 0 aliphatic rings. The molecule has 0 saturated carbocycles. The van der Waals surface area contributed by atoms with Gasteiger partial charge in [0.1, 0.15) is 11.6 Å². The number of ether oxygens (including phenoxy) is 1. The van der Waals surface area contributed by atoms with Crippen LogP contribution in [0.25, 0.3) is 0 Å². The average Bonchev–Trinajstić information content (AvgIpc) is 2.82. The second-order valence-electron chi connectivity index (χ2n) is 7.19. The number of aliphatic hydroxyl groups excluding tert-OH is 1. The molecule has 3 rings (SSSR count). The first-order valence-electron chi connectivity index (χ1n) is 10.3. The molecule has 2 heterocycles. The summed E-state index contributed by atoms with van der Waals surface area (Å²) in [7, 11) is 1.52. The quantitative estimate of drug-likeness (QED) is 0.436. The fourth-order valence-electron chi connectivity index (χ4n) is 3.27. The number of pyridine rings is 2. The molecule has 34 heavy (non-hydrogen) atoms. The SMILES string of the molecule is C=C(N=C(/C=C\C)c1ccn(C(CO)c2ccc(Cl)c(F)c2)c(=O)c1)Nc1ccnc(OC)c1. The Kier molecular flexibility index (Phi) is 8.34. The highest BCUT2D eigenvalue weighted by Crippen LogP contribution is 2.22. The van der Waals surface area contributed by atoms with Crippen LogP contribution in [0.2, 0.25) is 5.02 Å². The van der Waals surface area contributed by atoms with Crippen molar-refractivity contribution in [3.63, 3.8) is 0 Å². The van der Waals surface area contributed by atoms with Crippen molar-refractivity contribution in [3.05, 3.63) is 112 Å². The molecule has 0 radical (unpaired) electrons. The largest absolute Gasteiger partial charge is 0.481 e. The molecule has 0 aliphatic heterocycles. The van der Waals surface area contributed by atoms with E-state index in [9.17, 15) is 14.3 Å². The predicted molar refractivity (Wildman–Crippen MR) is 132 cm³/mol. The summed E-state index contributed by atoms with van der Waals surface area (Å²) in [5.74, 6) is 0.163. The van der Waals surface area contributed by atoms with Gasteiger partial charge in [-0.2, -0.15) is 0 Å². The summed E-state index contributed by atoms with van der Waals surface area (Å²) in [5.41, 5.74) is 1.78. The van der Waals surface area contributed by atoms with E-state index in [0.29, 0.717) is 34.2 Å². The summed E-state index contributed by atoms with van der Waals surface area (Å²) >= 11 is 5.75. The van der Waals surface area contributed by atoms with Crippen molar-refractivity contribution in [1.29, 1.82) is 0 Å². The molecule has 0 spiro atoms. The highest BCUT2D eigenvalue weighted by molar-refractivity contribution is 6.30. The van der Waals surface area contributed by atoms with Crippen LogP contribution in [0.15, 0.2) is 89.2 Å². The Morgan fingerprint density at radius 1 is 1.35 bits per heavy atom. The van der Waals surface area contributed by atoms with Crippen LogP contribution in [0, 0.1) is 5.82 Å². The molecule has 9 heteroatoms. The van der Waals surface area contributed by atoms with Crippen molar-refractivity contribution < 1.29 is 14.2 Å². The Hall–Kier alpha value is -3.75. The molecule has 176 valence electrons. The lowest BCUT2D eigenvalue weighted by Crippen LogP contribution is -2.27. The summed E-state index contributed by atoms with van der Waals surface area (Å²) in [4.78, 5) is 21.5. The third kappa shape index (κ3) is 5.98. The van der Waals surface area contributed by atoms with Crippen molar-refractivity contribution in [2.45, 2.75) is 13.0 Å². The van der Waals surface area contributed by atoms with Crippen LogP contribution in [-0.2, 0) is 0 Å². The van der Waals surface area contributed by atoms with Crippen LogP contribution in [0.5, 0.6) is 5.88 Å². The third-order valence-corrected chi connectivity index (χ3v) is 5.20. The first-order valence-corrected chi connectivity index (χ1v) is 10.7. The number of halogens is 2. The molecule has 2 aromatic heterocycles. The van der Waals surface area contributed by atoms with Gasteiger partial charge in [-0.3, -0.25) is 4.79 Å². The number of aliphatic hydroxyl groups is 1. The summed E-state index contributed by atoms with van der Waals surface area (Å²) in [6.07, 6.45) is 6.67. The Morgan fingerprint density at radius 2 is 2.15 bits per heavy atom. The van der Waals surface area contributed by atoms with Gasteiger partial charge in [0.15, 0.2) is 0 Å². The van der Waals surface area contributed by atoms with Crippen molar-refractivity contribution >= 4 is 23.0 Å². The van der Waals surface area contributed by atoms with E-state index >= 15 is 0 Å². The maximum absolute atomic E-state index is 13.9. The molecule has 2 N–H and O–H groups in total. The first kappa shape index (κ1) is 24.9. The van der Waals surface area contributed by atoms with Crippen LogP contribution < -0.4 is 15.6 Å². The molecule has 1 aromatic carbocycles. The van der Waals surface area contributed by atoms with E-state index in [-0.39, 0.29) is 10.6 Å². The fourth-order valence-corrected chi connectivity index (χ4v) is 3.39. The number of anilines is 1. The van der Waals surface area contributed by atoms with Gasteiger partial charge < -0.3 is 19.7 Å². The number of rotatable bonds is 9. The maximum atomic E-state index is 13.9. The van der Waals surface area contributed by atoms with Crippen LogP contribution in [0.1, 0.15) is 24.1 Å². The lowest BCUT2D eigenvalue weighted by Gasteiger charge is -2.19. The van der Waals surface area contributed by atoms with Gasteiger partial charge in [0.2, 0.25) is 5.88 Å². The van der Waals surface area contributed by atoms with Gasteiger partial charge >= 0.3 is 0 Å². The van der Waals surface area contributed by atoms with Gasteiger partial charge in [0, 0.05) is 35.8 Å². The molecule has 7 nitrogen and oxygen atoms in total. The molecule has 1 unspecified atom stereocenters. The summed E-state index contributed by atoms with van der Waals surface area (Å²) in [6, 6.07) is 9.94. The second-order valence-corrected chi connectivity index (χ2v) is 7.60. The monoisotopic (exact) mass is 482 g/mol. The minimum Gasteiger partial charge on any atom is -0.481 e. The normalized spacial score (nSPS) is 12.6. The summed E-state index contributed by atoms with van der Waals surface area (Å²) in [6.45, 7) is 5.37. The molecule has 1 atom stereocenters. The molecular weight excluding hydrogens is 459 g/mol. The van der Waals surface area contributed by atoms with Crippen LogP contribution in [0.4, 0.5) is 10.1 Å². The smallest absolute Gasteiger partial charge is 0.251 e. The van der Waals surface area contributed by atoms with E-state index in [2.05, 4.69) is 21.9 Å². The zero-order valence-electron chi connectivity index (χ0n) is 18.7. The predicted octanol–water partition coefficient (Wildman–Crippen LogP) is 4.57. The molecule has 0 amide bonds. The number of aromatic nitrogens is 2. The van der Waals surface area contributed by atoms with Gasteiger partial charge in [-0.1, -0.05) is 30.3 Å². The highest BCUT2D eigenvalue weighted by atomic mass is 35.5. The zero-order chi connectivity index (χ0) is 24.7. The average molecular weight is 483 g/mol. The second kappa shape index (κ2) is 11.4. The highest BCUT2D eigenvalue weighted by Gasteiger charge is 2.16. The lowest BCUT2D eigenvalue weighted by atomic mass is 10.1. The molecule has 0 saturated heterocycles. The van der Waals surface area contributed by atoms with E-state index < -0.39 is 18.5 Å². The molecular formula is C25H24ClFN4O3. The summed E-state index contributed by atoms with van der Waals surface area (Å²) < 4.78 is 20.4. The van der Waals surface area contributed by atoms with E-state index in [4.69, 9.17) is 16.3 Å².